The van der Waals surface area contributed by atoms with Crippen LogP contribution in [0.25, 0.3) is 21.3 Å². The van der Waals surface area contributed by atoms with Crippen molar-refractivity contribution in [2.45, 2.75) is 6.92 Å². The number of benzene rings is 1. The van der Waals surface area contributed by atoms with E-state index >= 15 is 0 Å². The molecule has 80 valence electrons. The second-order valence-electron chi connectivity index (χ2n) is 3.82. The number of hydrogen-bond acceptors (Lipinski definition) is 3. The van der Waals surface area contributed by atoms with Gasteiger partial charge in [0.1, 0.15) is 0 Å². The highest BCUT2D eigenvalue weighted by Crippen LogP contribution is 2.27. The third-order valence-electron chi connectivity index (χ3n) is 2.53. The number of fused-ring (bicyclic) bond motifs is 1. The minimum absolute atomic E-state index is 1.07. The number of thiazole rings is 1. The predicted octanol–water partition coefficient (Wildman–Crippen LogP) is 3.01. The number of aromatic nitrogens is 3. The van der Waals surface area contributed by atoms with Gasteiger partial charge < -0.3 is 0 Å². The molecular formula is C12H11N3S. The lowest BCUT2D eigenvalue weighted by Gasteiger charge is -1.95. The molecule has 0 N–H and O–H groups in total. The van der Waals surface area contributed by atoms with Gasteiger partial charge in [0.2, 0.25) is 0 Å². The van der Waals surface area contributed by atoms with Gasteiger partial charge in [-0.3, -0.25) is 4.68 Å². The number of nitrogens with zero attached hydrogens (tertiary/aromatic N) is 3. The summed E-state index contributed by atoms with van der Waals surface area (Å²) in [6.07, 6.45) is 3.89. The molecule has 16 heavy (non-hydrogen) atoms. The highest BCUT2D eigenvalue weighted by atomic mass is 32.1. The fraction of sp³-hybridized carbons (Fsp3) is 0.167. The first-order valence-electron chi connectivity index (χ1n) is 5.08. The van der Waals surface area contributed by atoms with Crippen LogP contribution in [0, 0.1) is 6.92 Å². The van der Waals surface area contributed by atoms with Crippen LogP contribution in [0.3, 0.4) is 0 Å². The van der Waals surface area contributed by atoms with Crippen LogP contribution >= 0.6 is 11.3 Å². The van der Waals surface area contributed by atoms with Gasteiger partial charge in [-0.25, -0.2) is 4.98 Å². The van der Waals surface area contributed by atoms with Gasteiger partial charge in [0, 0.05) is 18.8 Å². The second kappa shape index (κ2) is 3.42. The molecule has 0 saturated heterocycles. The highest BCUT2D eigenvalue weighted by Gasteiger charge is 2.04. The first kappa shape index (κ1) is 9.54. The normalized spacial score (nSPS) is 11.1. The Balaban J connectivity index is 2.17. The molecule has 0 saturated carbocycles. The van der Waals surface area contributed by atoms with E-state index in [1.807, 2.05) is 31.0 Å². The Hall–Kier alpha value is -1.68. The molecule has 0 bridgehead atoms. The summed E-state index contributed by atoms with van der Waals surface area (Å²) in [6.45, 7) is 2.04. The molecule has 1 aromatic carbocycles. The Morgan fingerprint density at radius 1 is 1.25 bits per heavy atom. The summed E-state index contributed by atoms with van der Waals surface area (Å²) >= 11 is 1.73. The molecule has 0 unspecified atom stereocenters. The van der Waals surface area contributed by atoms with Crippen molar-refractivity contribution in [2.75, 3.05) is 0 Å². The lowest BCUT2D eigenvalue weighted by Crippen LogP contribution is -1.84. The minimum atomic E-state index is 1.07. The van der Waals surface area contributed by atoms with Crippen LogP contribution in [-0.4, -0.2) is 14.8 Å². The third kappa shape index (κ3) is 1.51. The zero-order chi connectivity index (χ0) is 11.1. The molecule has 2 aromatic heterocycles. The Morgan fingerprint density at radius 3 is 2.88 bits per heavy atom. The lowest BCUT2D eigenvalue weighted by molar-refractivity contribution is 0.768. The molecule has 3 aromatic rings. The smallest absolute Gasteiger partial charge is 0.0907 e. The molecule has 3 nitrogen and oxygen atoms in total. The van der Waals surface area contributed by atoms with Gasteiger partial charge in [0.05, 0.1) is 21.4 Å². The molecule has 0 spiro atoms. The van der Waals surface area contributed by atoms with Crippen molar-refractivity contribution in [3.63, 3.8) is 0 Å². The second-order valence-corrected chi connectivity index (χ2v) is 5.05. The van der Waals surface area contributed by atoms with Gasteiger partial charge in [-0.2, -0.15) is 5.10 Å². The Bertz CT molecular complexity index is 651. The number of aryl methyl sites for hydroxylation is 2. The van der Waals surface area contributed by atoms with Crippen molar-refractivity contribution in [1.82, 2.24) is 14.8 Å². The van der Waals surface area contributed by atoms with E-state index in [1.165, 1.54) is 10.3 Å². The van der Waals surface area contributed by atoms with E-state index in [0.717, 1.165) is 16.1 Å². The zero-order valence-corrected chi connectivity index (χ0v) is 9.95. The maximum absolute atomic E-state index is 4.50. The fourth-order valence-corrected chi connectivity index (χ4v) is 2.60. The summed E-state index contributed by atoms with van der Waals surface area (Å²) in [5.41, 5.74) is 3.38. The average molecular weight is 229 g/mol. The summed E-state index contributed by atoms with van der Waals surface area (Å²) in [6, 6.07) is 6.37. The summed E-state index contributed by atoms with van der Waals surface area (Å²) in [5, 5.41) is 5.29. The van der Waals surface area contributed by atoms with Gasteiger partial charge in [0.25, 0.3) is 0 Å². The van der Waals surface area contributed by atoms with Gasteiger partial charge in [-0.15, -0.1) is 11.3 Å². The van der Waals surface area contributed by atoms with Crippen molar-refractivity contribution in [3.8, 4) is 11.1 Å². The van der Waals surface area contributed by atoms with Gasteiger partial charge in [-0.1, -0.05) is 6.07 Å². The van der Waals surface area contributed by atoms with Crippen molar-refractivity contribution >= 4 is 21.6 Å². The molecule has 0 aliphatic rings. The first-order valence-corrected chi connectivity index (χ1v) is 5.90. The van der Waals surface area contributed by atoms with Crippen LogP contribution in [0.2, 0.25) is 0 Å². The van der Waals surface area contributed by atoms with E-state index in [1.54, 1.807) is 11.3 Å². The maximum Gasteiger partial charge on any atom is 0.0907 e. The van der Waals surface area contributed by atoms with E-state index in [0.29, 0.717) is 0 Å². The van der Waals surface area contributed by atoms with Crippen LogP contribution in [0.5, 0.6) is 0 Å². The van der Waals surface area contributed by atoms with Crippen LogP contribution in [-0.2, 0) is 7.05 Å². The largest absolute Gasteiger partial charge is 0.275 e. The van der Waals surface area contributed by atoms with E-state index in [9.17, 15) is 0 Å². The SMILES string of the molecule is Cc1nc2cc(-c3cnn(C)c3)ccc2s1. The summed E-state index contributed by atoms with van der Waals surface area (Å²) in [5.74, 6) is 0. The number of hydrogen-bond donors (Lipinski definition) is 0. The molecule has 2 heterocycles. The van der Waals surface area contributed by atoms with Crippen molar-refractivity contribution in [2.24, 2.45) is 7.05 Å². The van der Waals surface area contributed by atoms with Crippen molar-refractivity contribution in [1.29, 1.82) is 0 Å². The molecule has 0 atom stereocenters. The van der Waals surface area contributed by atoms with Crippen molar-refractivity contribution in [3.05, 3.63) is 35.6 Å². The Kier molecular flexibility index (Phi) is 2.04. The molecule has 0 radical (unpaired) electrons. The third-order valence-corrected chi connectivity index (χ3v) is 3.48. The number of rotatable bonds is 1. The summed E-state index contributed by atoms with van der Waals surface area (Å²) in [4.78, 5) is 4.50. The summed E-state index contributed by atoms with van der Waals surface area (Å²) in [7, 11) is 1.93. The Morgan fingerprint density at radius 2 is 2.12 bits per heavy atom. The molecule has 0 aliphatic carbocycles. The summed E-state index contributed by atoms with van der Waals surface area (Å²) < 4.78 is 3.05. The molecule has 4 heteroatoms. The molecule has 0 fully saturated rings. The molecule has 0 aliphatic heterocycles. The fourth-order valence-electron chi connectivity index (χ4n) is 1.79. The predicted molar refractivity (Wildman–Crippen MR) is 66.6 cm³/mol. The maximum atomic E-state index is 4.50. The molecule has 0 amide bonds. The van der Waals surface area contributed by atoms with E-state index in [-0.39, 0.29) is 0 Å². The zero-order valence-electron chi connectivity index (χ0n) is 9.14. The first-order chi connectivity index (χ1) is 7.72. The van der Waals surface area contributed by atoms with Crippen molar-refractivity contribution < 1.29 is 0 Å². The van der Waals surface area contributed by atoms with E-state index in [4.69, 9.17) is 0 Å². The van der Waals surface area contributed by atoms with E-state index < -0.39 is 0 Å². The van der Waals surface area contributed by atoms with Crippen LogP contribution in [0.4, 0.5) is 0 Å². The standard InChI is InChI=1S/C12H11N3S/c1-8-14-11-5-9(3-4-12(11)16-8)10-6-13-15(2)7-10/h3-7H,1-2H3. The van der Waals surface area contributed by atoms with Gasteiger partial charge >= 0.3 is 0 Å². The quantitative estimate of drug-likeness (QED) is 0.642. The molecular weight excluding hydrogens is 218 g/mol. The monoisotopic (exact) mass is 229 g/mol. The van der Waals surface area contributed by atoms with Gasteiger partial charge in [0.15, 0.2) is 0 Å². The topological polar surface area (TPSA) is 30.7 Å². The Labute approximate surface area is 97.4 Å². The van der Waals surface area contributed by atoms with Crippen LogP contribution in [0.1, 0.15) is 5.01 Å². The average Bonchev–Trinajstić information content (AvgIpc) is 2.81. The highest BCUT2D eigenvalue weighted by molar-refractivity contribution is 7.18. The lowest BCUT2D eigenvalue weighted by atomic mass is 10.1. The van der Waals surface area contributed by atoms with Crippen LogP contribution in [0.15, 0.2) is 30.6 Å². The van der Waals surface area contributed by atoms with Gasteiger partial charge in [-0.05, 0) is 24.6 Å². The molecule has 3 rings (SSSR count). The van der Waals surface area contributed by atoms with E-state index in [2.05, 4.69) is 28.3 Å². The van der Waals surface area contributed by atoms with Crippen LogP contribution < -0.4 is 0 Å². The minimum Gasteiger partial charge on any atom is -0.275 e.